The molecular weight excluding hydrogens is 204 g/mol. The lowest BCUT2D eigenvalue weighted by molar-refractivity contribution is -0.150. The molecule has 4 nitrogen and oxygen atoms in total. The molecule has 1 aliphatic rings. The van der Waals surface area contributed by atoms with Gasteiger partial charge in [-0.2, -0.15) is 5.26 Å². The number of nitrogens with zero attached hydrogens (tertiary/aromatic N) is 2. The van der Waals surface area contributed by atoms with Gasteiger partial charge in [0.05, 0.1) is 24.6 Å². The number of ether oxygens (including phenoxy) is 1. The van der Waals surface area contributed by atoms with Crippen LogP contribution in [0.25, 0.3) is 0 Å². The molecule has 0 aliphatic carbocycles. The average Bonchev–Trinajstić information content (AvgIpc) is 2.31. The van der Waals surface area contributed by atoms with Crippen LogP contribution in [0.2, 0.25) is 0 Å². The van der Waals surface area contributed by atoms with Crippen molar-refractivity contribution >= 4 is 5.97 Å². The Bertz CT molecular complexity index is 273. The van der Waals surface area contributed by atoms with Crippen molar-refractivity contribution in [1.29, 1.82) is 5.26 Å². The topological polar surface area (TPSA) is 53.3 Å². The molecule has 1 heterocycles. The molecule has 0 bridgehead atoms. The molecule has 0 amide bonds. The highest BCUT2D eigenvalue weighted by atomic mass is 16.5. The van der Waals surface area contributed by atoms with Gasteiger partial charge in [0.1, 0.15) is 0 Å². The Hall–Kier alpha value is -1.08. The Morgan fingerprint density at radius 2 is 2.38 bits per heavy atom. The van der Waals surface area contributed by atoms with Gasteiger partial charge in [-0.1, -0.05) is 6.92 Å². The van der Waals surface area contributed by atoms with E-state index in [-0.39, 0.29) is 17.9 Å². The van der Waals surface area contributed by atoms with E-state index in [0.717, 1.165) is 25.8 Å². The van der Waals surface area contributed by atoms with Crippen LogP contribution in [-0.2, 0) is 9.53 Å². The van der Waals surface area contributed by atoms with Crippen molar-refractivity contribution < 1.29 is 9.53 Å². The maximum absolute atomic E-state index is 11.6. The maximum atomic E-state index is 11.6. The summed E-state index contributed by atoms with van der Waals surface area (Å²) < 4.78 is 5.03. The van der Waals surface area contributed by atoms with Crippen LogP contribution in [0.3, 0.4) is 0 Å². The van der Waals surface area contributed by atoms with Crippen molar-refractivity contribution in [1.82, 2.24) is 4.90 Å². The van der Waals surface area contributed by atoms with Gasteiger partial charge < -0.3 is 4.74 Å². The highest BCUT2D eigenvalue weighted by Crippen LogP contribution is 2.20. The number of rotatable bonds is 4. The summed E-state index contributed by atoms with van der Waals surface area (Å²) in [6.45, 7) is 5.85. The Labute approximate surface area is 97.2 Å². The normalized spacial score (nSPS) is 23.4. The summed E-state index contributed by atoms with van der Waals surface area (Å²) in [6.07, 6.45) is 2.67. The van der Waals surface area contributed by atoms with Crippen molar-refractivity contribution in [2.24, 2.45) is 5.92 Å². The number of esters is 1. The number of likely N-dealkylation sites (tertiary alicyclic amines) is 1. The second-order valence-corrected chi connectivity index (χ2v) is 4.14. The van der Waals surface area contributed by atoms with Gasteiger partial charge in [0.25, 0.3) is 0 Å². The SMILES string of the molecule is CCOC(=O)C1CCCN(C(C#N)CC)C1. The van der Waals surface area contributed by atoms with Crippen LogP contribution < -0.4 is 0 Å². The van der Waals surface area contributed by atoms with Crippen LogP contribution in [0.15, 0.2) is 0 Å². The Balaban J connectivity index is 2.53. The van der Waals surface area contributed by atoms with E-state index < -0.39 is 0 Å². The molecular formula is C12H20N2O2. The lowest BCUT2D eigenvalue weighted by Crippen LogP contribution is -2.44. The molecule has 1 aliphatic heterocycles. The van der Waals surface area contributed by atoms with E-state index in [9.17, 15) is 4.79 Å². The summed E-state index contributed by atoms with van der Waals surface area (Å²) in [6, 6.07) is 2.23. The lowest BCUT2D eigenvalue weighted by Gasteiger charge is -2.33. The van der Waals surface area contributed by atoms with E-state index in [1.165, 1.54) is 0 Å². The van der Waals surface area contributed by atoms with Crippen LogP contribution in [0.4, 0.5) is 0 Å². The van der Waals surface area contributed by atoms with Crippen molar-refractivity contribution in [3.05, 3.63) is 0 Å². The number of carbonyl (C=O) groups excluding carboxylic acids is 1. The minimum absolute atomic E-state index is 0.0453. The summed E-state index contributed by atoms with van der Waals surface area (Å²) in [5.41, 5.74) is 0. The highest BCUT2D eigenvalue weighted by Gasteiger charge is 2.29. The van der Waals surface area contributed by atoms with Gasteiger partial charge in [-0.05, 0) is 32.7 Å². The number of nitriles is 1. The molecule has 4 heteroatoms. The van der Waals surface area contributed by atoms with Crippen LogP contribution >= 0.6 is 0 Å². The molecule has 0 aromatic heterocycles. The Morgan fingerprint density at radius 3 is 2.94 bits per heavy atom. The summed E-state index contributed by atoms with van der Waals surface area (Å²) in [4.78, 5) is 13.7. The van der Waals surface area contributed by atoms with E-state index in [1.54, 1.807) is 0 Å². The predicted molar refractivity (Wildman–Crippen MR) is 60.6 cm³/mol. The van der Waals surface area contributed by atoms with Crippen molar-refractivity contribution in [2.45, 2.75) is 39.2 Å². The largest absolute Gasteiger partial charge is 0.466 e. The van der Waals surface area contributed by atoms with Crippen LogP contribution in [-0.4, -0.2) is 36.6 Å². The fourth-order valence-corrected chi connectivity index (χ4v) is 2.17. The maximum Gasteiger partial charge on any atom is 0.310 e. The minimum Gasteiger partial charge on any atom is -0.466 e. The molecule has 0 radical (unpaired) electrons. The number of hydrogen-bond acceptors (Lipinski definition) is 4. The van der Waals surface area contributed by atoms with Gasteiger partial charge >= 0.3 is 5.97 Å². The number of hydrogen-bond donors (Lipinski definition) is 0. The molecule has 0 aromatic rings. The lowest BCUT2D eigenvalue weighted by atomic mass is 9.96. The van der Waals surface area contributed by atoms with E-state index in [4.69, 9.17) is 10.00 Å². The van der Waals surface area contributed by atoms with Gasteiger partial charge in [0.15, 0.2) is 0 Å². The zero-order valence-electron chi connectivity index (χ0n) is 10.1. The van der Waals surface area contributed by atoms with Crippen molar-refractivity contribution in [3.8, 4) is 6.07 Å². The number of carbonyl (C=O) groups is 1. The van der Waals surface area contributed by atoms with Crippen molar-refractivity contribution in [2.75, 3.05) is 19.7 Å². The molecule has 1 rings (SSSR count). The zero-order chi connectivity index (χ0) is 12.0. The quantitative estimate of drug-likeness (QED) is 0.680. The second kappa shape index (κ2) is 6.49. The minimum atomic E-state index is -0.111. The summed E-state index contributed by atoms with van der Waals surface area (Å²) in [5.74, 6) is -0.156. The first-order chi connectivity index (χ1) is 7.72. The smallest absolute Gasteiger partial charge is 0.310 e. The van der Waals surface area contributed by atoms with Crippen molar-refractivity contribution in [3.63, 3.8) is 0 Å². The molecule has 0 spiro atoms. The molecule has 0 N–H and O–H groups in total. The van der Waals surface area contributed by atoms with Crippen LogP contribution in [0, 0.1) is 17.2 Å². The predicted octanol–water partition coefficient (Wildman–Crippen LogP) is 1.56. The molecule has 1 fully saturated rings. The monoisotopic (exact) mass is 224 g/mol. The van der Waals surface area contributed by atoms with E-state index >= 15 is 0 Å². The van der Waals surface area contributed by atoms with E-state index in [0.29, 0.717) is 13.2 Å². The molecule has 0 saturated carbocycles. The molecule has 16 heavy (non-hydrogen) atoms. The summed E-state index contributed by atoms with van der Waals surface area (Å²) in [5, 5.41) is 9.00. The molecule has 90 valence electrons. The number of piperidine rings is 1. The van der Waals surface area contributed by atoms with Gasteiger partial charge in [-0.25, -0.2) is 0 Å². The third kappa shape index (κ3) is 3.21. The van der Waals surface area contributed by atoms with Gasteiger partial charge in [-0.3, -0.25) is 9.69 Å². The van der Waals surface area contributed by atoms with Gasteiger partial charge in [0, 0.05) is 6.54 Å². The molecule has 2 atom stereocenters. The Morgan fingerprint density at radius 1 is 1.62 bits per heavy atom. The van der Waals surface area contributed by atoms with Gasteiger partial charge in [-0.15, -0.1) is 0 Å². The molecule has 2 unspecified atom stereocenters. The third-order valence-electron chi connectivity index (χ3n) is 3.05. The van der Waals surface area contributed by atoms with E-state index in [1.807, 2.05) is 13.8 Å². The first-order valence-electron chi connectivity index (χ1n) is 6.03. The average molecular weight is 224 g/mol. The first-order valence-corrected chi connectivity index (χ1v) is 6.03. The first kappa shape index (κ1) is 13.0. The summed E-state index contributed by atoms with van der Waals surface area (Å²) >= 11 is 0. The molecule has 0 aromatic carbocycles. The summed E-state index contributed by atoms with van der Waals surface area (Å²) in [7, 11) is 0. The highest BCUT2D eigenvalue weighted by molar-refractivity contribution is 5.72. The zero-order valence-corrected chi connectivity index (χ0v) is 10.1. The third-order valence-corrected chi connectivity index (χ3v) is 3.05. The second-order valence-electron chi connectivity index (χ2n) is 4.14. The van der Waals surface area contributed by atoms with E-state index in [2.05, 4.69) is 11.0 Å². The standard InChI is InChI=1S/C12H20N2O2/c1-3-11(8-13)14-7-5-6-10(9-14)12(15)16-4-2/h10-11H,3-7,9H2,1-2H3. The Kier molecular flexibility index (Phi) is 5.27. The molecule has 1 saturated heterocycles. The van der Waals surface area contributed by atoms with Gasteiger partial charge in [0.2, 0.25) is 0 Å². The fourth-order valence-electron chi connectivity index (χ4n) is 2.17. The van der Waals surface area contributed by atoms with Crippen LogP contribution in [0.1, 0.15) is 33.1 Å². The fraction of sp³-hybridized carbons (Fsp3) is 0.833. The van der Waals surface area contributed by atoms with Crippen LogP contribution in [0.5, 0.6) is 0 Å².